The van der Waals surface area contributed by atoms with E-state index >= 15 is 0 Å². The Morgan fingerprint density at radius 1 is 0.818 bits per heavy atom. The van der Waals surface area contributed by atoms with Gasteiger partial charge in [0.25, 0.3) is 21.6 Å². The summed E-state index contributed by atoms with van der Waals surface area (Å²) in [4.78, 5) is 0. The van der Waals surface area contributed by atoms with Crippen molar-refractivity contribution < 1.29 is 49.5 Å². The normalized spacial score (nSPS) is 11.6. The van der Waals surface area contributed by atoms with Crippen molar-refractivity contribution in [3.05, 3.63) is 0 Å². The topological polar surface area (TPSA) is 257 Å². The largest absolute Gasteiger partial charge is 0.386 e. The number of halogens is 2. The summed E-state index contributed by atoms with van der Waals surface area (Å²) < 4.78 is 47.9. The molecule has 0 rings (SSSR count). The predicted octanol–water partition coefficient (Wildman–Crippen LogP) is -5.00. The lowest BCUT2D eigenvalue weighted by atomic mass is 10.1. The lowest BCUT2D eigenvalue weighted by Gasteiger charge is -2.20. The van der Waals surface area contributed by atoms with E-state index in [4.69, 9.17) is 50.2 Å². The van der Waals surface area contributed by atoms with Gasteiger partial charge in [-0.15, -0.1) is 0 Å². The number of hydrogen-bond acceptors (Lipinski definition) is 10. The molecule has 12 nitrogen and oxygen atoms in total. The molecule has 0 aliphatic heterocycles. The first-order chi connectivity index (χ1) is 9.56. The first kappa shape index (κ1) is 25.8. The molecule has 0 fully saturated rings. The van der Waals surface area contributed by atoms with Crippen LogP contribution in [-0.2, 0) is 0 Å². The zero-order valence-electron chi connectivity index (χ0n) is 12.3. The van der Waals surface area contributed by atoms with Crippen LogP contribution in [-0.4, -0.2) is 32.1 Å². The Balaban J connectivity index is -0.000000372. The molecule has 0 radical (unpaired) electrons. The average Bonchev–Trinajstić information content (AvgIpc) is 2.24. The Hall–Kier alpha value is -1.12. The van der Waals surface area contributed by atoms with E-state index in [0.29, 0.717) is 0 Å². The molecule has 0 aromatic carbocycles. The van der Waals surface area contributed by atoms with Crippen LogP contribution in [0.4, 0.5) is 0 Å². The Morgan fingerprint density at radius 2 is 0.955 bits per heavy atom. The fraction of sp³-hybridized carbons (Fsp3) is 0.750. The van der Waals surface area contributed by atoms with Gasteiger partial charge in [-0.2, -0.15) is 10.2 Å². The minimum absolute atomic E-state index is 0.0689. The molecule has 0 bridgehead atoms. The van der Waals surface area contributed by atoms with E-state index < -0.39 is 32.6 Å². The molecule has 0 amide bonds. The van der Waals surface area contributed by atoms with Crippen LogP contribution in [0, 0.1) is 32.4 Å². The van der Waals surface area contributed by atoms with Crippen molar-refractivity contribution >= 4 is 11.7 Å². The summed E-state index contributed by atoms with van der Waals surface area (Å²) in [6.45, 7) is 6.70. The summed E-state index contributed by atoms with van der Waals surface area (Å²) >= 11 is 0. The molecule has 0 saturated heterocycles. The van der Waals surface area contributed by atoms with E-state index in [1.165, 1.54) is 0 Å². The van der Waals surface area contributed by atoms with Crippen molar-refractivity contribution in [2.24, 2.45) is 21.7 Å². The van der Waals surface area contributed by atoms with E-state index in [1.807, 2.05) is 0 Å². The number of azo groups is 1. The summed E-state index contributed by atoms with van der Waals surface area (Å²) in [6.07, 6.45) is 0. The predicted molar refractivity (Wildman–Crippen MR) is 61.3 cm³/mol. The molecule has 132 valence electrons. The maximum atomic E-state index is 8.52. The van der Waals surface area contributed by atoms with Crippen molar-refractivity contribution in [3.8, 4) is 0 Å². The monoisotopic (exact) mass is 366 g/mol. The molecule has 0 spiro atoms. The molecule has 14 heteroatoms. The molecule has 22 heavy (non-hydrogen) atoms. The second kappa shape index (κ2) is 11.4. The first-order valence-corrected chi connectivity index (χ1v) is 7.09. The number of amidine groups is 2. The van der Waals surface area contributed by atoms with Gasteiger partial charge in [0, 0.05) is 9.32 Å². The standard InChI is InChI=1S/C8H18N6.2ClHO3/c1-7(2,5(9)10)13-14-8(3,4)6(11)12;2*2-1(3)4/h1-4H3,(H3,9,10)(H3,11,12);2*2H/b14-13+;;. The highest BCUT2D eigenvalue weighted by atomic mass is 35.6. The van der Waals surface area contributed by atoms with Gasteiger partial charge in [-0.3, -0.25) is 10.8 Å². The van der Waals surface area contributed by atoms with Gasteiger partial charge in [0.2, 0.25) is 0 Å². The van der Waals surface area contributed by atoms with Crippen LogP contribution >= 0.6 is 0 Å². The van der Waals surface area contributed by atoms with Crippen LogP contribution < -0.4 is 30.1 Å². The number of nitrogens with two attached hydrogens (primary N) is 2. The number of hydrogen-bond donors (Lipinski definition) is 6. The van der Waals surface area contributed by atoms with Crippen molar-refractivity contribution in [2.75, 3.05) is 0 Å². The van der Waals surface area contributed by atoms with Crippen molar-refractivity contribution in [1.29, 1.82) is 10.8 Å². The summed E-state index contributed by atoms with van der Waals surface area (Å²) in [5, 5.41) is 22.3. The Labute approximate surface area is 133 Å². The fourth-order valence-corrected chi connectivity index (χ4v) is 0.358. The average molecular weight is 367 g/mol. The Morgan fingerprint density at radius 3 is 1.05 bits per heavy atom. The third-order valence-electron chi connectivity index (χ3n) is 1.87. The highest BCUT2D eigenvalue weighted by Crippen LogP contribution is 2.15. The SMILES string of the molecule is CC(C)(/N=N/C(C)(C)C(=N)N)C(=N)N.[O-][Cl+2]([O-])O.[O-][Cl+2]([O-])O. The minimum atomic E-state index is -2.60. The molecule has 0 aliphatic rings. The second-order valence-electron chi connectivity index (χ2n) is 4.55. The summed E-state index contributed by atoms with van der Waals surface area (Å²) in [5.74, 6) is -0.138. The van der Waals surface area contributed by atoms with Crippen LogP contribution in [0.1, 0.15) is 27.7 Å². The molecule has 0 aliphatic carbocycles. The lowest BCUT2D eigenvalue weighted by Crippen LogP contribution is -2.38. The van der Waals surface area contributed by atoms with Crippen LogP contribution in [0.5, 0.6) is 0 Å². The smallest absolute Gasteiger partial charge is 0.282 e. The van der Waals surface area contributed by atoms with Crippen molar-refractivity contribution in [1.82, 2.24) is 0 Å². The van der Waals surface area contributed by atoms with Gasteiger partial charge in [-0.05, 0) is 27.7 Å². The van der Waals surface area contributed by atoms with Gasteiger partial charge in [0.05, 0.1) is 0 Å². The maximum absolute atomic E-state index is 8.52. The third-order valence-corrected chi connectivity index (χ3v) is 1.87. The van der Waals surface area contributed by atoms with Crippen LogP contribution in [0.2, 0.25) is 0 Å². The van der Waals surface area contributed by atoms with Gasteiger partial charge in [0.15, 0.2) is 0 Å². The Kier molecular flexibility index (Phi) is 13.4. The van der Waals surface area contributed by atoms with Gasteiger partial charge < -0.3 is 30.1 Å². The van der Waals surface area contributed by atoms with Gasteiger partial charge in [-0.1, -0.05) is 0 Å². The zero-order valence-corrected chi connectivity index (χ0v) is 13.8. The maximum Gasteiger partial charge on any atom is 0.282 e. The summed E-state index contributed by atoms with van der Waals surface area (Å²) in [6, 6.07) is 0. The Bertz CT molecular complexity index is 337. The number of nitrogens with one attached hydrogen (secondary N) is 2. The number of nitrogens with zero attached hydrogens (tertiary/aromatic N) is 2. The van der Waals surface area contributed by atoms with E-state index in [2.05, 4.69) is 10.2 Å². The van der Waals surface area contributed by atoms with Crippen molar-refractivity contribution in [2.45, 2.75) is 38.8 Å². The van der Waals surface area contributed by atoms with E-state index in [0.717, 1.165) is 0 Å². The van der Waals surface area contributed by atoms with E-state index in [-0.39, 0.29) is 11.7 Å². The lowest BCUT2D eigenvalue weighted by molar-refractivity contribution is -1.63. The van der Waals surface area contributed by atoms with Crippen LogP contribution in [0.25, 0.3) is 0 Å². The molecule has 0 aromatic heterocycles. The zero-order chi connectivity index (χ0) is 18.7. The number of rotatable bonds is 4. The van der Waals surface area contributed by atoms with Crippen molar-refractivity contribution in [3.63, 3.8) is 0 Å². The van der Waals surface area contributed by atoms with Gasteiger partial charge in [-0.25, -0.2) is 0 Å². The quantitative estimate of drug-likeness (QED) is 0.159. The van der Waals surface area contributed by atoms with Crippen LogP contribution in [0.15, 0.2) is 10.2 Å². The molecular formula is C8H20Cl2N6O6. The highest BCUT2D eigenvalue weighted by molar-refractivity contribution is 5.87. The molecule has 0 unspecified atom stereocenters. The minimum Gasteiger partial charge on any atom is -0.386 e. The molecule has 0 atom stereocenters. The third kappa shape index (κ3) is 18.9. The highest BCUT2D eigenvalue weighted by Gasteiger charge is 2.25. The summed E-state index contributed by atoms with van der Waals surface area (Å²) in [5.41, 5.74) is 8.96. The molecule has 0 saturated carbocycles. The molecular weight excluding hydrogens is 347 g/mol. The summed E-state index contributed by atoms with van der Waals surface area (Å²) in [7, 11) is -5.20. The van der Waals surface area contributed by atoms with Gasteiger partial charge in [0.1, 0.15) is 22.7 Å². The second-order valence-corrected chi connectivity index (χ2v) is 5.35. The van der Waals surface area contributed by atoms with Crippen LogP contribution in [0.3, 0.4) is 0 Å². The molecule has 0 heterocycles. The molecule has 0 aromatic rings. The first-order valence-electron chi connectivity index (χ1n) is 5.18. The van der Waals surface area contributed by atoms with E-state index in [1.54, 1.807) is 27.7 Å². The molecule has 8 N–H and O–H groups in total. The fourth-order valence-electron chi connectivity index (χ4n) is 0.358. The van der Waals surface area contributed by atoms with E-state index in [9.17, 15) is 0 Å². The van der Waals surface area contributed by atoms with Gasteiger partial charge >= 0.3 is 0 Å².